The van der Waals surface area contributed by atoms with E-state index in [1.54, 1.807) is 36.3 Å². The van der Waals surface area contributed by atoms with Crippen LogP contribution in [0, 0.1) is 0 Å². The first-order valence-electron chi connectivity index (χ1n) is 7.91. The fourth-order valence-corrected chi connectivity index (χ4v) is 3.57. The summed E-state index contributed by atoms with van der Waals surface area (Å²) in [7, 11) is 0. The molecule has 0 unspecified atom stereocenters. The lowest BCUT2D eigenvalue weighted by atomic mass is 10.1. The molecule has 1 aromatic carbocycles. The molecule has 0 saturated carbocycles. The van der Waals surface area contributed by atoms with Crippen LogP contribution in [0.2, 0.25) is 0 Å². The van der Waals surface area contributed by atoms with E-state index in [-0.39, 0.29) is 12.5 Å². The van der Waals surface area contributed by atoms with E-state index in [2.05, 4.69) is 19.9 Å². The first-order valence-corrected chi connectivity index (χ1v) is 8.90. The Bertz CT molecular complexity index is 874. The van der Waals surface area contributed by atoms with Crippen LogP contribution in [0.5, 0.6) is 5.75 Å². The van der Waals surface area contributed by atoms with Gasteiger partial charge in [-0.1, -0.05) is 30.0 Å². The molecule has 0 fully saturated rings. The second kappa shape index (κ2) is 6.98. The molecule has 7 heteroatoms. The molecule has 0 bridgehead atoms. The highest BCUT2D eigenvalue weighted by Crippen LogP contribution is 2.32. The smallest absolute Gasteiger partial charge is 0.262 e. The number of rotatable bonds is 5. The highest BCUT2D eigenvalue weighted by Gasteiger charge is 2.17. The average molecular weight is 352 g/mol. The first-order chi connectivity index (χ1) is 12.3. The molecule has 3 aromatic rings. The van der Waals surface area contributed by atoms with Crippen LogP contribution in [0.3, 0.4) is 0 Å². The summed E-state index contributed by atoms with van der Waals surface area (Å²) in [6.45, 7) is 0.899. The zero-order valence-electron chi connectivity index (χ0n) is 13.4. The van der Waals surface area contributed by atoms with Gasteiger partial charge in [0.05, 0.1) is 17.6 Å². The minimum Gasteiger partial charge on any atom is -0.482 e. The number of thioether (sulfide) groups is 1. The fourth-order valence-electron chi connectivity index (χ4n) is 2.62. The largest absolute Gasteiger partial charge is 0.482 e. The standard InChI is InChI=1S/C18H16N4O2S/c23-17(12-24-13-4-3-7-19-10-13)20-15-6-2-1-5-14(15)16-11-22-8-9-25-18(22)21-16/h1-7,10-11H,8-9,12H2,(H,20,23). The molecule has 4 rings (SSSR count). The van der Waals surface area contributed by atoms with Crippen molar-refractivity contribution in [2.24, 2.45) is 0 Å². The molecule has 1 amide bonds. The van der Waals surface area contributed by atoms with Crippen molar-refractivity contribution < 1.29 is 9.53 Å². The van der Waals surface area contributed by atoms with Gasteiger partial charge in [0.25, 0.3) is 5.91 Å². The number of anilines is 1. The fraction of sp³-hybridized carbons (Fsp3) is 0.167. The number of aryl methyl sites for hydroxylation is 1. The number of fused-ring (bicyclic) bond motifs is 1. The Hall–Kier alpha value is -2.80. The molecule has 25 heavy (non-hydrogen) atoms. The molecular weight excluding hydrogens is 336 g/mol. The summed E-state index contributed by atoms with van der Waals surface area (Å²) in [5, 5.41) is 3.93. The maximum atomic E-state index is 12.2. The van der Waals surface area contributed by atoms with Crippen molar-refractivity contribution in [3.8, 4) is 17.0 Å². The predicted molar refractivity (Wildman–Crippen MR) is 96.7 cm³/mol. The van der Waals surface area contributed by atoms with Crippen molar-refractivity contribution in [1.82, 2.24) is 14.5 Å². The molecule has 0 spiro atoms. The molecular formula is C18H16N4O2S. The van der Waals surface area contributed by atoms with Gasteiger partial charge < -0.3 is 14.6 Å². The highest BCUT2D eigenvalue weighted by atomic mass is 32.2. The molecule has 1 aliphatic heterocycles. The van der Waals surface area contributed by atoms with Crippen LogP contribution in [0.15, 0.2) is 60.1 Å². The van der Waals surface area contributed by atoms with Crippen LogP contribution >= 0.6 is 11.8 Å². The Morgan fingerprint density at radius 1 is 1.28 bits per heavy atom. The van der Waals surface area contributed by atoms with E-state index < -0.39 is 0 Å². The van der Waals surface area contributed by atoms with Crippen molar-refractivity contribution >= 4 is 23.4 Å². The minimum atomic E-state index is -0.225. The number of para-hydroxylation sites is 1. The van der Waals surface area contributed by atoms with Crippen LogP contribution in [0.25, 0.3) is 11.3 Å². The van der Waals surface area contributed by atoms with E-state index in [9.17, 15) is 4.79 Å². The molecule has 3 heterocycles. The number of hydrogen-bond donors (Lipinski definition) is 1. The number of hydrogen-bond acceptors (Lipinski definition) is 5. The van der Waals surface area contributed by atoms with Crippen molar-refractivity contribution in [1.29, 1.82) is 0 Å². The number of pyridine rings is 1. The van der Waals surface area contributed by atoms with Gasteiger partial charge in [-0.15, -0.1) is 0 Å². The second-order valence-electron chi connectivity index (χ2n) is 5.52. The van der Waals surface area contributed by atoms with Gasteiger partial charge in [0.15, 0.2) is 11.8 Å². The van der Waals surface area contributed by atoms with E-state index in [1.807, 2.05) is 30.5 Å². The van der Waals surface area contributed by atoms with Crippen molar-refractivity contribution in [2.45, 2.75) is 11.7 Å². The lowest BCUT2D eigenvalue weighted by Crippen LogP contribution is -2.20. The number of carbonyl (C=O) groups is 1. The third-order valence-electron chi connectivity index (χ3n) is 3.78. The molecule has 1 aliphatic rings. The lowest BCUT2D eigenvalue weighted by molar-refractivity contribution is -0.118. The predicted octanol–water partition coefficient (Wildman–Crippen LogP) is 3.07. The van der Waals surface area contributed by atoms with Gasteiger partial charge in [-0.05, 0) is 18.2 Å². The molecule has 126 valence electrons. The van der Waals surface area contributed by atoms with Gasteiger partial charge in [-0.3, -0.25) is 9.78 Å². The number of aromatic nitrogens is 3. The molecule has 2 aromatic heterocycles. The summed E-state index contributed by atoms with van der Waals surface area (Å²) < 4.78 is 7.58. The third kappa shape index (κ3) is 3.51. The number of benzene rings is 1. The van der Waals surface area contributed by atoms with Crippen molar-refractivity contribution in [3.05, 3.63) is 55.0 Å². The second-order valence-corrected chi connectivity index (χ2v) is 6.58. The molecule has 0 radical (unpaired) electrons. The van der Waals surface area contributed by atoms with Gasteiger partial charge in [-0.25, -0.2) is 4.98 Å². The monoisotopic (exact) mass is 352 g/mol. The van der Waals surface area contributed by atoms with Gasteiger partial charge in [0, 0.05) is 30.3 Å². The average Bonchev–Trinajstić information content (AvgIpc) is 3.23. The van der Waals surface area contributed by atoms with E-state index in [1.165, 1.54) is 0 Å². The lowest BCUT2D eigenvalue weighted by Gasteiger charge is -2.10. The number of ether oxygens (including phenoxy) is 1. The molecule has 0 atom stereocenters. The van der Waals surface area contributed by atoms with Crippen molar-refractivity contribution in [2.75, 3.05) is 17.7 Å². The van der Waals surface area contributed by atoms with Gasteiger partial charge in [0.2, 0.25) is 0 Å². The Labute approximate surface area is 149 Å². The van der Waals surface area contributed by atoms with Gasteiger partial charge >= 0.3 is 0 Å². The van der Waals surface area contributed by atoms with Crippen LogP contribution < -0.4 is 10.1 Å². The zero-order chi connectivity index (χ0) is 17.1. The normalized spacial score (nSPS) is 12.6. The van der Waals surface area contributed by atoms with Gasteiger partial charge in [0.1, 0.15) is 5.75 Å². The van der Waals surface area contributed by atoms with Crippen LogP contribution in [-0.2, 0) is 11.3 Å². The SMILES string of the molecule is O=C(COc1cccnc1)Nc1ccccc1-c1cn2c(n1)SCC2. The Morgan fingerprint density at radius 2 is 2.20 bits per heavy atom. The summed E-state index contributed by atoms with van der Waals surface area (Å²) in [6, 6.07) is 11.2. The van der Waals surface area contributed by atoms with Crippen molar-refractivity contribution in [3.63, 3.8) is 0 Å². The highest BCUT2D eigenvalue weighted by molar-refractivity contribution is 7.99. The molecule has 1 N–H and O–H groups in total. The molecule has 6 nitrogen and oxygen atoms in total. The van der Waals surface area contributed by atoms with Crippen LogP contribution in [0.1, 0.15) is 0 Å². The topological polar surface area (TPSA) is 69.0 Å². The number of carbonyl (C=O) groups excluding carboxylic acids is 1. The zero-order valence-corrected chi connectivity index (χ0v) is 14.2. The quantitative estimate of drug-likeness (QED) is 0.764. The number of amides is 1. The van der Waals surface area contributed by atoms with E-state index in [0.717, 1.165) is 34.4 Å². The summed E-state index contributed by atoms with van der Waals surface area (Å²) >= 11 is 1.75. The Kier molecular flexibility index (Phi) is 4.39. The Morgan fingerprint density at radius 3 is 3.04 bits per heavy atom. The van der Waals surface area contributed by atoms with Gasteiger partial charge in [-0.2, -0.15) is 0 Å². The number of imidazole rings is 1. The number of nitrogens with zero attached hydrogens (tertiary/aromatic N) is 3. The maximum absolute atomic E-state index is 12.2. The summed E-state index contributed by atoms with van der Waals surface area (Å²) in [5.74, 6) is 1.40. The summed E-state index contributed by atoms with van der Waals surface area (Å²) in [6.07, 6.45) is 5.27. The van der Waals surface area contributed by atoms with E-state index >= 15 is 0 Å². The minimum absolute atomic E-state index is 0.0738. The third-order valence-corrected chi connectivity index (χ3v) is 4.76. The van der Waals surface area contributed by atoms with E-state index in [4.69, 9.17) is 4.74 Å². The molecule has 0 aliphatic carbocycles. The van der Waals surface area contributed by atoms with Crippen LogP contribution in [-0.4, -0.2) is 32.8 Å². The summed E-state index contributed by atoms with van der Waals surface area (Å²) in [5.41, 5.74) is 2.50. The first kappa shape index (κ1) is 15.7. The Balaban J connectivity index is 1.48. The molecule has 0 saturated heterocycles. The summed E-state index contributed by atoms with van der Waals surface area (Å²) in [4.78, 5) is 20.8. The van der Waals surface area contributed by atoms with E-state index in [0.29, 0.717) is 5.75 Å². The van der Waals surface area contributed by atoms with Crippen LogP contribution in [0.4, 0.5) is 5.69 Å². The number of nitrogens with one attached hydrogen (secondary N) is 1. The maximum Gasteiger partial charge on any atom is 0.262 e.